The van der Waals surface area contributed by atoms with E-state index in [1.165, 1.54) is 0 Å². The SMILES string of the molecule is NNC(Cc1cccc(Cl)c1Cl)c1ccncc1. The lowest BCUT2D eigenvalue weighted by atomic mass is 10.0. The molecule has 18 heavy (non-hydrogen) atoms. The van der Waals surface area contributed by atoms with Crippen molar-refractivity contribution in [3.05, 3.63) is 63.9 Å². The Bertz CT molecular complexity index is 517. The molecule has 5 heteroatoms. The van der Waals surface area contributed by atoms with Gasteiger partial charge in [0, 0.05) is 12.4 Å². The van der Waals surface area contributed by atoms with Crippen LogP contribution in [0, 0.1) is 0 Å². The van der Waals surface area contributed by atoms with Crippen LogP contribution in [0.15, 0.2) is 42.7 Å². The molecule has 0 aliphatic carbocycles. The van der Waals surface area contributed by atoms with Gasteiger partial charge in [0.1, 0.15) is 0 Å². The minimum atomic E-state index is -0.0241. The minimum Gasteiger partial charge on any atom is -0.271 e. The highest BCUT2D eigenvalue weighted by molar-refractivity contribution is 6.42. The lowest BCUT2D eigenvalue weighted by molar-refractivity contribution is 0.551. The number of rotatable bonds is 4. The Labute approximate surface area is 116 Å². The van der Waals surface area contributed by atoms with E-state index in [0.717, 1.165) is 11.1 Å². The van der Waals surface area contributed by atoms with Crippen molar-refractivity contribution in [3.63, 3.8) is 0 Å². The van der Waals surface area contributed by atoms with E-state index < -0.39 is 0 Å². The summed E-state index contributed by atoms with van der Waals surface area (Å²) in [6.07, 6.45) is 4.14. The smallest absolute Gasteiger partial charge is 0.0624 e. The van der Waals surface area contributed by atoms with Crippen LogP contribution in [-0.4, -0.2) is 4.98 Å². The fourth-order valence-electron chi connectivity index (χ4n) is 1.79. The van der Waals surface area contributed by atoms with Gasteiger partial charge in [-0.25, -0.2) is 0 Å². The maximum atomic E-state index is 6.17. The second kappa shape index (κ2) is 6.16. The summed E-state index contributed by atoms with van der Waals surface area (Å²) in [4.78, 5) is 3.99. The molecule has 0 bridgehead atoms. The molecule has 1 atom stereocenters. The Hall–Kier alpha value is -1.13. The number of hydrogen-bond donors (Lipinski definition) is 2. The summed E-state index contributed by atoms with van der Waals surface area (Å²) in [6.45, 7) is 0. The van der Waals surface area contributed by atoms with Crippen molar-refractivity contribution in [2.24, 2.45) is 5.84 Å². The second-order valence-electron chi connectivity index (χ2n) is 3.92. The first-order chi connectivity index (χ1) is 8.72. The van der Waals surface area contributed by atoms with E-state index in [2.05, 4.69) is 10.4 Å². The van der Waals surface area contributed by atoms with E-state index in [1.54, 1.807) is 18.5 Å². The van der Waals surface area contributed by atoms with Crippen LogP contribution in [0.2, 0.25) is 10.0 Å². The van der Waals surface area contributed by atoms with E-state index in [4.69, 9.17) is 29.0 Å². The molecular formula is C13H13Cl2N3. The molecule has 3 N–H and O–H groups in total. The third-order valence-corrected chi connectivity index (χ3v) is 3.62. The van der Waals surface area contributed by atoms with E-state index in [-0.39, 0.29) is 6.04 Å². The lowest BCUT2D eigenvalue weighted by Gasteiger charge is -2.17. The van der Waals surface area contributed by atoms with Gasteiger partial charge in [0.05, 0.1) is 16.1 Å². The number of hydrazine groups is 1. The third-order valence-electron chi connectivity index (χ3n) is 2.77. The van der Waals surface area contributed by atoms with Crippen LogP contribution >= 0.6 is 23.2 Å². The zero-order chi connectivity index (χ0) is 13.0. The second-order valence-corrected chi connectivity index (χ2v) is 4.70. The maximum absolute atomic E-state index is 6.17. The molecule has 1 heterocycles. The summed E-state index contributed by atoms with van der Waals surface area (Å²) in [5.74, 6) is 5.59. The van der Waals surface area contributed by atoms with E-state index in [0.29, 0.717) is 16.5 Å². The van der Waals surface area contributed by atoms with Gasteiger partial charge in [-0.3, -0.25) is 16.3 Å². The Morgan fingerprint density at radius 1 is 1.17 bits per heavy atom. The Balaban J connectivity index is 2.24. The van der Waals surface area contributed by atoms with Gasteiger partial charge in [0.15, 0.2) is 0 Å². The summed E-state index contributed by atoms with van der Waals surface area (Å²) in [5, 5.41) is 1.13. The number of nitrogens with zero attached hydrogens (tertiary/aromatic N) is 1. The standard InChI is InChI=1S/C13H13Cl2N3/c14-11-3-1-2-10(13(11)15)8-12(18-16)9-4-6-17-7-5-9/h1-7,12,18H,8,16H2. The third kappa shape index (κ3) is 3.00. The number of nitrogens with one attached hydrogen (secondary N) is 1. The lowest BCUT2D eigenvalue weighted by Crippen LogP contribution is -2.29. The molecule has 3 nitrogen and oxygen atoms in total. The van der Waals surface area contributed by atoms with Gasteiger partial charge in [-0.05, 0) is 35.7 Å². The highest BCUT2D eigenvalue weighted by Crippen LogP contribution is 2.28. The molecule has 2 aromatic rings. The molecule has 1 aromatic carbocycles. The Morgan fingerprint density at radius 3 is 2.56 bits per heavy atom. The van der Waals surface area contributed by atoms with E-state index >= 15 is 0 Å². The molecular weight excluding hydrogens is 269 g/mol. The molecule has 0 fully saturated rings. The van der Waals surface area contributed by atoms with Crippen molar-refractivity contribution in [3.8, 4) is 0 Å². The average molecular weight is 282 g/mol. The van der Waals surface area contributed by atoms with Crippen molar-refractivity contribution in [2.75, 3.05) is 0 Å². The topological polar surface area (TPSA) is 50.9 Å². The monoisotopic (exact) mass is 281 g/mol. The van der Waals surface area contributed by atoms with Gasteiger partial charge in [0.25, 0.3) is 0 Å². The first-order valence-electron chi connectivity index (χ1n) is 5.51. The Morgan fingerprint density at radius 2 is 1.89 bits per heavy atom. The van der Waals surface area contributed by atoms with Crippen molar-refractivity contribution in [1.82, 2.24) is 10.4 Å². The summed E-state index contributed by atoms with van der Waals surface area (Å²) >= 11 is 12.2. The highest BCUT2D eigenvalue weighted by Gasteiger charge is 2.13. The van der Waals surface area contributed by atoms with E-state index in [9.17, 15) is 0 Å². The van der Waals surface area contributed by atoms with Gasteiger partial charge in [-0.15, -0.1) is 0 Å². The fraction of sp³-hybridized carbons (Fsp3) is 0.154. The number of halogens is 2. The van der Waals surface area contributed by atoms with E-state index in [1.807, 2.05) is 24.3 Å². The molecule has 0 spiro atoms. The molecule has 0 saturated heterocycles. The average Bonchev–Trinajstić information content (AvgIpc) is 2.41. The summed E-state index contributed by atoms with van der Waals surface area (Å²) < 4.78 is 0. The normalized spacial score (nSPS) is 12.4. The van der Waals surface area contributed by atoms with Crippen molar-refractivity contribution in [2.45, 2.75) is 12.5 Å². The number of benzene rings is 1. The molecule has 0 aliphatic rings. The summed E-state index contributed by atoms with van der Waals surface area (Å²) in [6, 6.07) is 9.41. The van der Waals surface area contributed by atoms with Crippen molar-refractivity contribution >= 4 is 23.2 Å². The van der Waals surface area contributed by atoms with Crippen LogP contribution in [0.4, 0.5) is 0 Å². The number of pyridine rings is 1. The van der Waals surface area contributed by atoms with Gasteiger partial charge in [-0.2, -0.15) is 0 Å². The van der Waals surface area contributed by atoms with Crippen LogP contribution in [0.3, 0.4) is 0 Å². The fourth-order valence-corrected chi connectivity index (χ4v) is 2.19. The predicted octanol–water partition coefficient (Wildman–Crippen LogP) is 3.14. The van der Waals surface area contributed by atoms with Crippen LogP contribution in [0.25, 0.3) is 0 Å². The maximum Gasteiger partial charge on any atom is 0.0624 e. The number of aromatic nitrogens is 1. The van der Waals surface area contributed by atoms with Crippen molar-refractivity contribution in [1.29, 1.82) is 0 Å². The van der Waals surface area contributed by atoms with Crippen LogP contribution in [0.1, 0.15) is 17.2 Å². The van der Waals surface area contributed by atoms with Gasteiger partial charge < -0.3 is 0 Å². The zero-order valence-corrected chi connectivity index (χ0v) is 11.1. The molecule has 0 amide bonds. The van der Waals surface area contributed by atoms with Gasteiger partial charge >= 0.3 is 0 Å². The van der Waals surface area contributed by atoms with Crippen LogP contribution in [-0.2, 0) is 6.42 Å². The predicted molar refractivity (Wildman–Crippen MR) is 74.5 cm³/mol. The largest absolute Gasteiger partial charge is 0.271 e. The zero-order valence-electron chi connectivity index (χ0n) is 9.61. The molecule has 94 valence electrons. The van der Waals surface area contributed by atoms with Crippen LogP contribution < -0.4 is 11.3 Å². The first-order valence-corrected chi connectivity index (χ1v) is 6.27. The molecule has 1 aromatic heterocycles. The van der Waals surface area contributed by atoms with Crippen molar-refractivity contribution < 1.29 is 0 Å². The van der Waals surface area contributed by atoms with Gasteiger partial charge in [-0.1, -0.05) is 35.3 Å². The highest BCUT2D eigenvalue weighted by atomic mass is 35.5. The van der Waals surface area contributed by atoms with Crippen LogP contribution in [0.5, 0.6) is 0 Å². The van der Waals surface area contributed by atoms with Gasteiger partial charge in [0.2, 0.25) is 0 Å². The molecule has 0 saturated carbocycles. The quantitative estimate of drug-likeness (QED) is 0.669. The molecule has 1 unspecified atom stereocenters. The first kappa shape index (κ1) is 13.3. The number of nitrogens with two attached hydrogens (primary N) is 1. The molecule has 2 rings (SSSR count). The molecule has 0 radical (unpaired) electrons. The minimum absolute atomic E-state index is 0.0241. The Kier molecular flexibility index (Phi) is 4.55. The summed E-state index contributed by atoms with van der Waals surface area (Å²) in [7, 11) is 0. The molecule has 0 aliphatic heterocycles. The summed E-state index contributed by atoms with van der Waals surface area (Å²) in [5.41, 5.74) is 4.80. The number of hydrogen-bond acceptors (Lipinski definition) is 3.